The molecule has 3 rings (SSSR count). The first-order chi connectivity index (χ1) is 11.1. The van der Waals surface area contributed by atoms with Gasteiger partial charge in [-0.2, -0.15) is 0 Å². The molecule has 0 saturated carbocycles. The molecule has 0 amide bonds. The maximum atomic E-state index is 11.2. The van der Waals surface area contributed by atoms with Crippen LogP contribution in [-0.4, -0.2) is 34.0 Å². The van der Waals surface area contributed by atoms with E-state index >= 15 is 0 Å². The Morgan fingerprint density at radius 3 is 2.22 bits per heavy atom. The van der Waals surface area contributed by atoms with Crippen LogP contribution >= 0.6 is 11.6 Å². The van der Waals surface area contributed by atoms with Crippen LogP contribution < -0.4 is 0 Å². The fourth-order valence-corrected chi connectivity index (χ4v) is 3.34. The normalized spacial score (nSPS) is 17.8. The maximum absolute atomic E-state index is 11.2. The van der Waals surface area contributed by atoms with Crippen LogP contribution in [0.15, 0.2) is 48.8 Å². The van der Waals surface area contributed by atoms with Crippen LogP contribution in [0.2, 0.25) is 5.02 Å². The highest BCUT2D eigenvalue weighted by Crippen LogP contribution is 2.32. The molecule has 4 nitrogen and oxygen atoms in total. The lowest BCUT2D eigenvalue weighted by Crippen LogP contribution is -2.39. The van der Waals surface area contributed by atoms with E-state index in [1.165, 1.54) is 0 Å². The van der Waals surface area contributed by atoms with Crippen molar-refractivity contribution in [1.82, 2.24) is 9.88 Å². The molecular weight excluding hydrogens is 312 g/mol. The molecule has 5 heteroatoms. The van der Waals surface area contributed by atoms with Gasteiger partial charge in [-0.05, 0) is 61.3 Å². The summed E-state index contributed by atoms with van der Waals surface area (Å²) < 4.78 is 0. The predicted octanol–water partition coefficient (Wildman–Crippen LogP) is 3.62. The molecule has 2 heterocycles. The van der Waals surface area contributed by atoms with E-state index in [4.69, 9.17) is 11.6 Å². The molecule has 23 heavy (non-hydrogen) atoms. The van der Waals surface area contributed by atoms with Gasteiger partial charge >= 0.3 is 5.97 Å². The van der Waals surface area contributed by atoms with E-state index in [1.54, 1.807) is 12.4 Å². The number of aliphatic carboxylic acids is 1. The average Bonchev–Trinajstić information content (AvgIpc) is 2.58. The Balaban J connectivity index is 1.87. The van der Waals surface area contributed by atoms with Gasteiger partial charge in [0, 0.05) is 17.4 Å². The third kappa shape index (κ3) is 3.71. The number of hydrogen-bond acceptors (Lipinski definition) is 3. The van der Waals surface area contributed by atoms with Crippen LogP contribution in [0.25, 0.3) is 0 Å². The second-order valence-corrected chi connectivity index (χ2v) is 6.32. The van der Waals surface area contributed by atoms with Crippen LogP contribution in [0.4, 0.5) is 0 Å². The summed E-state index contributed by atoms with van der Waals surface area (Å²) in [6.07, 6.45) is 4.96. The Labute approximate surface area is 140 Å². The lowest BCUT2D eigenvalue weighted by Gasteiger charge is -2.37. The largest absolute Gasteiger partial charge is 0.481 e. The standard InChI is InChI=1S/C18H19ClN2O2/c19-16-3-1-13(2-4-16)17(14-5-9-20-10-6-14)21-11-7-15(8-12-21)18(22)23/h1-6,9-10,15,17H,7-8,11-12H2,(H,22,23). The number of benzene rings is 1. The minimum Gasteiger partial charge on any atom is -0.481 e. The van der Waals surface area contributed by atoms with Crippen LogP contribution in [0.1, 0.15) is 30.0 Å². The second-order valence-electron chi connectivity index (χ2n) is 5.88. The van der Waals surface area contributed by atoms with Gasteiger partial charge in [-0.3, -0.25) is 14.7 Å². The number of carbonyl (C=O) groups is 1. The molecular formula is C18H19ClN2O2. The van der Waals surface area contributed by atoms with E-state index in [9.17, 15) is 9.90 Å². The Morgan fingerprint density at radius 2 is 1.65 bits per heavy atom. The first-order valence-electron chi connectivity index (χ1n) is 7.77. The molecule has 0 aliphatic carbocycles. The van der Waals surface area contributed by atoms with Crippen molar-refractivity contribution in [2.75, 3.05) is 13.1 Å². The van der Waals surface area contributed by atoms with Gasteiger partial charge in [0.25, 0.3) is 0 Å². The lowest BCUT2D eigenvalue weighted by atomic mass is 9.92. The number of hydrogen-bond donors (Lipinski definition) is 1. The summed E-state index contributed by atoms with van der Waals surface area (Å²) in [7, 11) is 0. The molecule has 1 fully saturated rings. The highest BCUT2D eigenvalue weighted by molar-refractivity contribution is 6.30. The van der Waals surface area contributed by atoms with Gasteiger partial charge < -0.3 is 5.11 Å². The highest BCUT2D eigenvalue weighted by atomic mass is 35.5. The second kappa shape index (κ2) is 7.11. The molecule has 1 N–H and O–H groups in total. The van der Waals surface area contributed by atoms with Crippen LogP contribution in [0, 0.1) is 5.92 Å². The van der Waals surface area contributed by atoms with E-state index < -0.39 is 5.97 Å². The van der Waals surface area contributed by atoms with Gasteiger partial charge in [0.15, 0.2) is 0 Å². The third-order valence-electron chi connectivity index (χ3n) is 4.45. The van der Waals surface area contributed by atoms with Crippen molar-refractivity contribution in [3.63, 3.8) is 0 Å². The number of pyridine rings is 1. The maximum Gasteiger partial charge on any atom is 0.306 e. The van der Waals surface area contributed by atoms with E-state index in [-0.39, 0.29) is 12.0 Å². The molecule has 1 aromatic heterocycles. The molecule has 2 aromatic rings. The molecule has 1 aliphatic heterocycles. The number of piperidine rings is 1. The summed E-state index contributed by atoms with van der Waals surface area (Å²) in [6.45, 7) is 1.54. The molecule has 1 aromatic carbocycles. The lowest BCUT2D eigenvalue weighted by molar-refractivity contribution is -0.143. The Bertz CT molecular complexity index is 652. The average molecular weight is 331 g/mol. The smallest absolute Gasteiger partial charge is 0.306 e. The predicted molar refractivity (Wildman–Crippen MR) is 89.5 cm³/mol. The number of nitrogens with zero attached hydrogens (tertiary/aromatic N) is 2. The van der Waals surface area contributed by atoms with Crippen molar-refractivity contribution in [2.45, 2.75) is 18.9 Å². The van der Waals surface area contributed by atoms with Crippen molar-refractivity contribution in [3.05, 3.63) is 64.9 Å². The van der Waals surface area contributed by atoms with Gasteiger partial charge in [0.1, 0.15) is 0 Å². The van der Waals surface area contributed by atoms with Crippen molar-refractivity contribution in [1.29, 1.82) is 0 Å². The molecule has 0 radical (unpaired) electrons. The molecule has 0 bridgehead atoms. The number of carboxylic acid groups (broad SMARTS) is 1. The number of likely N-dealkylation sites (tertiary alicyclic amines) is 1. The number of rotatable bonds is 4. The fraction of sp³-hybridized carbons (Fsp3) is 0.333. The number of halogens is 1. The number of aromatic nitrogens is 1. The summed E-state index contributed by atoms with van der Waals surface area (Å²) in [4.78, 5) is 17.6. The van der Waals surface area contributed by atoms with Crippen molar-refractivity contribution < 1.29 is 9.90 Å². The quantitative estimate of drug-likeness (QED) is 0.930. The monoisotopic (exact) mass is 330 g/mol. The molecule has 1 saturated heterocycles. The zero-order valence-corrected chi connectivity index (χ0v) is 13.5. The van der Waals surface area contributed by atoms with Crippen molar-refractivity contribution >= 4 is 17.6 Å². The summed E-state index contributed by atoms with van der Waals surface area (Å²) in [5.41, 5.74) is 2.32. The molecule has 120 valence electrons. The van der Waals surface area contributed by atoms with E-state index in [1.807, 2.05) is 36.4 Å². The summed E-state index contributed by atoms with van der Waals surface area (Å²) in [5, 5.41) is 9.90. The summed E-state index contributed by atoms with van der Waals surface area (Å²) in [6, 6.07) is 12.0. The first kappa shape index (κ1) is 16.0. The molecule has 1 unspecified atom stereocenters. The van der Waals surface area contributed by atoms with Gasteiger partial charge in [-0.25, -0.2) is 0 Å². The van der Waals surface area contributed by atoms with Crippen LogP contribution in [-0.2, 0) is 4.79 Å². The molecule has 0 spiro atoms. The summed E-state index contributed by atoms with van der Waals surface area (Å²) in [5.74, 6) is -0.911. The Morgan fingerprint density at radius 1 is 1.09 bits per heavy atom. The SMILES string of the molecule is O=C(O)C1CCN(C(c2ccncc2)c2ccc(Cl)cc2)CC1. The van der Waals surface area contributed by atoms with Gasteiger partial charge in [0.05, 0.1) is 12.0 Å². The van der Waals surface area contributed by atoms with Gasteiger partial charge in [-0.15, -0.1) is 0 Å². The Kier molecular flexibility index (Phi) is 4.94. The fourth-order valence-electron chi connectivity index (χ4n) is 3.21. The van der Waals surface area contributed by atoms with Gasteiger partial charge in [0.2, 0.25) is 0 Å². The molecule has 1 atom stereocenters. The minimum atomic E-state index is -0.684. The van der Waals surface area contributed by atoms with E-state index in [0.29, 0.717) is 17.9 Å². The van der Waals surface area contributed by atoms with Gasteiger partial charge in [-0.1, -0.05) is 23.7 Å². The van der Waals surface area contributed by atoms with E-state index in [2.05, 4.69) is 9.88 Å². The summed E-state index contributed by atoms with van der Waals surface area (Å²) >= 11 is 6.01. The first-order valence-corrected chi connectivity index (χ1v) is 8.15. The number of carboxylic acids is 1. The molecule has 1 aliphatic rings. The van der Waals surface area contributed by atoms with E-state index in [0.717, 1.165) is 24.2 Å². The third-order valence-corrected chi connectivity index (χ3v) is 4.70. The zero-order valence-electron chi connectivity index (χ0n) is 12.7. The highest BCUT2D eigenvalue weighted by Gasteiger charge is 2.30. The topological polar surface area (TPSA) is 53.4 Å². The van der Waals surface area contributed by atoms with Crippen LogP contribution in [0.5, 0.6) is 0 Å². The van der Waals surface area contributed by atoms with Crippen molar-refractivity contribution in [3.8, 4) is 0 Å². The van der Waals surface area contributed by atoms with Crippen LogP contribution in [0.3, 0.4) is 0 Å². The Hall–Kier alpha value is -1.91. The zero-order chi connectivity index (χ0) is 16.2. The minimum absolute atomic E-state index is 0.102. The van der Waals surface area contributed by atoms with Crippen molar-refractivity contribution in [2.24, 2.45) is 5.92 Å².